The number of nitrogens with zero attached hydrogens (tertiary/aromatic N) is 2. The van der Waals surface area contributed by atoms with E-state index in [0.717, 1.165) is 24.2 Å². The summed E-state index contributed by atoms with van der Waals surface area (Å²) in [5.74, 6) is 2.29. The van der Waals surface area contributed by atoms with Crippen molar-refractivity contribution >= 4 is 17.6 Å². The quantitative estimate of drug-likeness (QED) is 0.890. The summed E-state index contributed by atoms with van der Waals surface area (Å²) >= 11 is 2.07. The predicted molar refractivity (Wildman–Crippen MR) is 75.6 cm³/mol. The average Bonchev–Trinajstić information content (AvgIpc) is 2.32. The van der Waals surface area contributed by atoms with E-state index in [4.69, 9.17) is 0 Å². The monoisotopic (exact) mass is 251 g/mol. The van der Waals surface area contributed by atoms with Crippen LogP contribution in [-0.4, -0.2) is 40.5 Å². The maximum Gasteiger partial charge on any atom is 0.130 e. The van der Waals surface area contributed by atoms with E-state index in [2.05, 4.69) is 46.9 Å². The number of pyridine rings is 1. The van der Waals surface area contributed by atoms with Crippen LogP contribution in [0.15, 0.2) is 18.3 Å². The van der Waals surface area contributed by atoms with Gasteiger partial charge in [0.05, 0.1) is 0 Å². The molecule has 0 radical (unpaired) electrons. The van der Waals surface area contributed by atoms with E-state index in [9.17, 15) is 0 Å². The van der Waals surface area contributed by atoms with E-state index in [1.54, 1.807) is 0 Å². The van der Waals surface area contributed by atoms with E-state index in [0.29, 0.717) is 0 Å². The third-order valence-corrected chi connectivity index (χ3v) is 4.09. The number of thioether (sulfide) groups is 1. The molecule has 1 fully saturated rings. The molecule has 0 bridgehead atoms. The summed E-state index contributed by atoms with van der Waals surface area (Å²) in [7, 11) is 0. The highest BCUT2D eigenvalue weighted by molar-refractivity contribution is 7.99. The van der Waals surface area contributed by atoms with Crippen molar-refractivity contribution in [3.05, 3.63) is 23.9 Å². The SMILES string of the molecule is CCNc1ncccc1CN1CCSC(C)C1. The maximum atomic E-state index is 4.41. The normalized spacial score (nSPS) is 21.4. The predicted octanol–water partition coefficient (Wildman–Crippen LogP) is 2.45. The maximum absolute atomic E-state index is 4.41. The minimum absolute atomic E-state index is 0.753. The molecular formula is C13H21N3S. The molecule has 0 aromatic carbocycles. The topological polar surface area (TPSA) is 28.2 Å². The van der Waals surface area contributed by atoms with Gasteiger partial charge in [-0.15, -0.1) is 0 Å². The second-order valence-corrected chi connectivity index (χ2v) is 6.00. The lowest BCUT2D eigenvalue weighted by atomic mass is 10.2. The van der Waals surface area contributed by atoms with Crippen molar-refractivity contribution in [1.82, 2.24) is 9.88 Å². The van der Waals surface area contributed by atoms with E-state index in [1.165, 1.54) is 24.4 Å². The van der Waals surface area contributed by atoms with Gasteiger partial charge in [0.15, 0.2) is 0 Å². The van der Waals surface area contributed by atoms with Crippen LogP contribution in [0.1, 0.15) is 19.4 Å². The van der Waals surface area contributed by atoms with Gasteiger partial charge < -0.3 is 5.32 Å². The molecule has 3 nitrogen and oxygen atoms in total. The van der Waals surface area contributed by atoms with E-state index < -0.39 is 0 Å². The van der Waals surface area contributed by atoms with E-state index in [1.807, 2.05) is 12.3 Å². The molecule has 17 heavy (non-hydrogen) atoms. The smallest absolute Gasteiger partial charge is 0.130 e. The molecule has 2 rings (SSSR count). The van der Waals surface area contributed by atoms with Crippen molar-refractivity contribution in [3.63, 3.8) is 0 Å². The van der Waals surface area contributed by atoms with Gasteiger partial charge in [0.25, 0.3) is 0 Å². The van der Waals surface area contributed by atoms with Gasteiger partial charge in [-0.2, -0.15) is 11.8 Å². The first kappa shape index (κ1) is 12.7. The average molecular weight is 251 g/mol. The Bertz CT molecular complexity index is 356. The van der Waals surface area contributed by atoms with E-state index in [-0.39, 0.29) is 0 Å². The Kier molecular flexibility index (Phi) is 4.68. The van der Waals surface area contributed by atoms with Crippen LogP contribution >= 0.6 is 11.8 Å². The standard InChI is InChI=1S/C13H21N3S/c1-3-14-13-12(5-4-6-15-13)10-16-7-8-17-11(2)9-16/h4-6,11H,3,7-10H2,1-2H3,(H,14,15). The Morgan fingerprint density at radius 3 is 3.24 bits per heavy atom. The van der Waals surface area contributed by atoms with Crippen molar-refractivity contribution in [2.24, 2.45) is 0 Å². The summed E-state index contributed by atoms with van der Waals surface area (Å²) in [6.45, 7) is 8.74. The fraction of sp³-hybridized carbons (Fsp3) is 0.615. The first-order valence-corrected chi connectivity index (χ1v) is 7.36. The lowest BCUT2D eigenvalue weighted by molar-refractivity contribution is 0.278. The van der Waals surface area contributed by atoms with Crippen molar-refractivity contribution in [3.8, 4) is 0 Å². The summed E-state index contributed by atoms with van der Waals surface area (Å²) in [6, 6.07) is 4.20. The number of aromatic nitrogens is 1. The molecule has 1 aromatic heterocycles. The second-order valence-electron chi connectivity index (χ2n) is 4.46. The molecule has 0 aliphatic carbocycles. The van der Waals surface area contributed by atoms with Gasteiger partial charge >= 0.3 is 0 Å². The van der Waals surface area contributed by atoms with Gasteiger partial charge in [-0.05, 0) is 13.0 Å². The number of hydrogen-bond donors (Lipinski definition) is 1. The second kappa shape index (κ2) is 6.26. The number of rotatable bonds is 4. The summed E-state index contributed by atoms with van der Waals surface area (Å²) in [5, 5.41) is 4.09. The highest BCUT2D eigenvalue weighted by atomic mass is 32.2. The Hall–Kier alpha value is -0.740. The molecular weight excluding hydrogens is 230 g/mol. The minimum atomic E-state index is 0.753. The zero-order valence-corrected chi connectivity index (χ0v) is 11.5. The molecule has 2 heterocycles. The Balaban J connectivity index is 2.01. The Labute approximate surface area is 108 Å². The molecule has 1 atom stereocenters. The molecule has 1 unspecified atom stereocenters. The molecule has 0 spiro atoms. The molecule has 0 saturated carbocycles. The molecule has 94 valence electrons. The van der Waals surface area contributed by atoms with Gasteiger partial charge in [0, 0.05) is 48.9 Å². The molecule has 4 heteroatoms. The van der Waals surface area contributed by atoms with Crippen molar-refractivity contribution in [2.45, 2.75) is 25.6 Å². The third kappa shape index (κ3) is 3.61. The van der Waals surface area contributed by atoms with Crippen molar-refractivity contribution < 1.29 is 0 Å². The number of nitrogens with one attached hydrogen (secondary N) is 1. The number of anilines is 1. The molecule has 1 N–H and O–H groups in total. The third-order valence-electron chi connectivity index (χ3n) is 2.95. The minimum Gasteiger partial charge on any atom is -0.370 e. The molecule has 0 amide bonds. The van der Waals surface area contributed by atoms with Crippen LogP contribution in [0.2, 0.25) is 0 Å². The van der Waals surface area contributed by atoms with Crippen molar-refractivity contribution in [1.29, 1.82) is 0 Å². The van der Waals surface area contributed by atoms with Gasteiger partial charge in [0.1, 0.15) is 5.82 Å². The van der Waals surface area contributed by atoms with Crippen LogP contribution in [-0.2, 0) is 6.54 Å². The zero-order chi connectivity index (χ0) is 12.1. The Morgan fingerprint density at radius 1 is 1.59 bits per heavy atom. The lowest BCUT2D eigenvalue weighted by Crippen LogP contribution is -2.36. The summed E-state index contributed by atoms with van der Waals surface area (Å²) in [4.78, 5) is 6.94. The molecule has 1 aromatic rings. The summed E-state index contributed by atoms with van der Waals surface area (Å²) < 4.78 is 0. The fourth-order valence-electron chi connectivity index (χ4n) is 2.17. The van der Waals surface area contributed by atoms with Crippen LogP contribution in [0.25, 0.3) is 0 Å². The van der Waals surface area contributed by atoms with Crippen LogP contribution < -0.4 is 5.32 Å². The first-order chi connectivity index (χ1) is 8.29. The lowest BCUT2D eigenvalue weighted by Gasteiger charge is -2.30. The largest absolute Gasteiger partial charge is 0.370 e. The Morgan fingerprint density at radius 2 is 2.47 bits per heavy atom. The van der Waals surface area contributed by atoms with Crippen LogP contribution in [0.4, 0.5) is 5.82 Å². The van der Waals surface area contributed by atoms with Crippen LogP contribution in [0.3, 0.4) is 0 Å². The van der Waals surface area contributed by atoms with Gasteiger partial charge in [-0.3, -0.25) is 4.90 Å². The van der Waals surface area contributed by atoms with Gasteiger partial charge in [0.2, 0.25) is 0 Å². The van der Waals surface area contributed by atoms with Crippen LogP contribution in [0, 0.1) is 0 Å². The van der Waals surface area contributed by atoms with Gasteiger partial charge in [-0.25, -0.2) is 4.98 Å². The summed E-state index contributed by atoms with van der Waals surface area (Å²) in [5.41, 5.74) is 1.31. The van der Waals surface area contributed by atoms with Gasteiger partial charge in [-0.1, -0.05) is 13.0 Å². The molecule has 1 aliphatic rings. The van der Waals surface area contributed by atoms with Crippen molar-refractivity contribution in [2.75, 3.05) is 30.7 Å². The van der Waals surface area contributed by atoms with Crippen LogP contribution in [0.5, 0.6) is 0 Å². The zero-order valence-electron chi connectivity index (χ0n) is 10.6. The number of hydrogen-bond acceptors (Lipinski definition) is 4. The molecule has 1 saturated heterocycles. The molecule has 1 aliphatic heterocycles. The highest BCUT2D eigenvalue weighted by Gasteiger charge is 2.17. The fourth-order valence-corrected chi connectivity index (χ4v) is 3.25. The first-order valence-electron chi connectivity index (χ1n) is 6.31. The summed E-state index contributed by atoms with van der Waals surface area (Å²) in [6.07, 6.45) is 1.86. The van der Waals surface area contributed by atoms with E-state index >= 15 is 0 Å². The highest BCUT2D eigenvalue weighted by Crippen LogP contribution is 2.21.